The number of hydrogen-bond acceptors (Lipinski definition) is 7. The van der Waals surface area contributed by atoms with Gasteiger partial charge in [0.25, 0.3) is 5.92 Å². The minimum atomic E-state index is -2.91. The van der Waals surface area contributed by atoms with E-state index in [1.165, 1.54) is 12.0 Å². The number of methoxy groups -OCH3 is 1. The first-order chi connectivity index (χ1) is 15.2. The van der Waals surface area contributed by atoms with E-state index in [1.54, 1.807) is 18.7 Å². The molecule has 0 aromatic carbocycles. The highest BCUT2D eigenvalue weighted by Crippen LogP contribution is 2.43. The molecule has 8 nitrogen and oxygen atoms in total. The van der Waals surface area contributed by atoms with Crippen molar-refractivity contribution in [3.63, 3.8) is 0 Å². The number of amides is 1. The summed E-state index contributed by atoms with van der Waals surface area (Å²) in [6, 6.07) is -1.62. The van der Waals surface area contributed by atoms with E-state index < -0.39 is 49.0 Å². The lowest BCUT2D eigenvalue weighted by molar-refractivity contribution is -0.153. The number of carbonyl (C=O) groups excluding carboxylic acids is 3. The van der Waals surface area contributed by atoms with Gasteiger partial charge in [0.05, 0.1) is 26.9 Å². The summed E-state index contributed by atoms with van der Waals surface area (Å²) < 4.78 is 43.2. The molecule has 0 N–H and O–H groups in total. The van der Waals surface area contributed by atoms with E-state index in [4.69, 9.17) is 14.2 Å². The van der Waals surface area contributed by atoms with Gasteiger partial charge in [-0.1, -0.05) is 0 Å². The van der Waals surface area contributed by atoms with E-state index in [0.29, 0.717) is 19.5 Å². The third-order valence-corrected chi connectivity index (χ3v) is 6.97. The first kappa shape index (κ1) is 24.7. The molecule has 0 aromatic rings. The summed E-state index contributed by atoms with van der Waals surface area (Å²) in [6.07, 6.45) is 1.81. The molecule has 1 aliphatic carbocycles. The van der Waals surface area contributed by atoms with Crippen LogP contribution in [-0.4, -0.2) is 85.8 Å². The minimum Gasteiger partial charge on any atom is -0.465 e. The Balaban J connectivity index is 1.66. The molecule has 1 saturated carbocycles. The van der Waals surface area contributed by atoms with Crippen LogP contribution >= 0.6 is 0 Å². The molecule has 0 spiro atoms. The molecule has 0 aromatic heterocycles. The Morgan fingerprint density at radius 2 is 1.62 bits per heavy atom. The van der Waals surface area contributed by atoms with E-state index in [0.717, 1.165) is 19.3 Å². The molecule has 182 valence electrons. The maximum atomic E-state index is 14.1. The summed E-state index contributed by atoms with van der Waals surface area (Å²) in [5, 5.41) is 0. The van der Waals surface area contributed by atoms with E-state index in [2.05, 4.69) is 0 Å². The molecule has 3 rings (SSSR count). The van der Waals surface area contributed by atoms with Gasteiger partial charge in [0.1, 0.15) is 12.1 Å². The highest BCUT2D eigenvalue weighted by Gasteiger charge is 2.50. The normalized spacial score (nSPS) is 32.2. The van der Waals surface area contributed by atoms with E-state index in [-0.39, 0.29) is 31.0 Å². The first-order valence-electron chi connectivity index (χ1n) is 11.5. The van der Waals surface area contributed by atoms with Crippen LogP contribution in [-0.2, 0) is 23.8 Å². The van der Waals surface area contributed by atoms with Crippen molar-refractivity contribution in [2.24, 2.45) is 17.8 Å². The maximum absolute atomic E-state index is 14.1. The molecule has 3 aliphatic rings. The van der Waals surface area contributed by atoms with E-state index in [9.17, 15) is 23.2 Å². The van der Waals surface area contributed by atoms with Gasteiger partial charge in [-0.15, -0.1) is 0 Å². The molecule has 2 heterocycles. The zero-order valence-corrected chi connectivity index (χ0v) is 19.1. The van der Waals surface area contributed by atoms with Gasteiger partial charge in [-0.05, 0) is 57.3 Å². The molecule has 0 bridgehead atoms. The van der Waals surface area contributed by atoms with Gasteiger partial charge >= 0.3 is 18.0 Å². The molecule has 10 heteroatoms. The van der Waals surface area contributed by atoms with Crippen LogP contribution in [0.15, 0.2) is 0 Å². The van der Waals surface area contributed by atoms with Gasteiger partial charge in [-0.3, -0.25) is 14.6 Å². The second-order valence-electron chi connectivity index (χ2n) is 9.08. The smallest absolute Gasteiger partial charge is 0.410 e. The Bertz CT molecular complexity index is 706. The molecule has 3 fully saturated rings. The fourth-order valence-electron chi connectivity index (χ4n) is 5.57. The Morgan fingerprint density at radius 1 is 0.969 bits per heavy atom. The number of esters is 2. The van der Waals surface area contributed by atoms with Crippen molar-refractivity contribution in [2.75, 3.05) is 40.0 Å². The number of fused-ring (bicyclic) bond motifs is 1. The van der Waals surface area contributed by atoms with Crippen molar-refractivity contribution in [3.8, 4) is 0 Å². The second-order valence-corrected chi connectivity index (χ2v) is 9.08. The summed E-state index contributed by atoms with van der Waals surface area (Å²) in [4.78, 5) is 40.0. The van der Waals surface area contributed by atoms with Gasteiger partial charge in [-0.25, -0.2) is 18.4 Å². The molecule has 2 aliphatic heterocycles. The molecule has 5 atom stereocenters. The van der Waals surface area contributed by atoms with Gasteiger partial charge in [0.15, 0.2) is 0 Å². The maximum Gasteiger partial charge on any atom is 0.410 e. The van der Waals surface area contributed by atoms with Gasteiger partial charge < -0.3 is 14.2 Å². The summed E-state index contributed by atoms with van der Waals surface area (Å²) >= 11 is 0. The molecule has 0 radical (unpaired) electrons. The molecular weight excluding hydrogens is 426 g/mol. The first-order valence-corrected chi connectivity index (χ1v) is 11.5. The lowest BCUT2D eigenvalue weighted by atomic mass is 9.69. The number of carbonyl (C=O) groups is 3. The zero-order chi connectivity index (χ0) is 23.5. The monoisotopic (exact) mass is 460 g/mol. The van der Waals surface area contributed by atoms with Crippen molar-refractivity contribution in [3.05, 3.63) is 0 Å². The van der Waals surface area contributed by atoms with Crippen LogP contribution in [0.25, 0.3) is 0 Å². The Kier molecular flexibility index (Phi) is 7.95. The van der Waals surface area contributed by atoms with Crippen LogP contribution in [0, 0.1) is 17.8 Å². The Hall–Kier alpha value is -1.97. The minimum absolute atomic E-state index is 0.134. The predicted molar refractivity (Wildman–Crippen MR) is 110 cm³/mol. The number of ether oxygens (including phenoxy) is 3. The molecule has 2 unspecified atom stereocenters. The van der Waals surface area contributed by atoms with Crippen LogP contribution < -0.4 is 0 Å². The molecular formula is C22H34F2N2O6. The standard InChI is InChI=1S/C22H34F2N2O6/c1-4-31-19(27)17-9-16-8-14(6-7-15(16)12-26(17)21(29)30-3)11-25-13-22(23,24)10-18(25)20(28)32-5-2/h14-18H,4-13H2,1-3H3/t14-,15-,16?,17?,18+/m0/s1. The third kappa shape index (κ3) is 5.50. The van der Waals surface area contributed by atoms with E-state index in [1.807, 2.05) is 0 Å². The van der Waals surface area contributed by atoms with Gasteiger partial charge in [-0.2, -0.15) is 0 Å². The Labute approximate surface area is 187 Å². The van der Waals surface area contributed by atoms with Crippen molar-refractivity contribution in [1.82, 2.24) is 9.80 Å². The Morgan fingerprint density at radius 3 is 2.25 bits per heavy atom. The fourth-order valence-corrected chi connectivity index (χ4v) is 5.57. The quantitative estimate of drug-likeness (QED) is 0.445. The lowest BCUT2D eigenvalue weighted by Crippen LogP contribution is -2.55. The van der Waals surface area contributed by atoms with Crippen LogP contribution in [0.5, 0.6) is 0 Å². The van der Waals surface area contributed by atoms with Gasteiger partial charge in [0.2, 0.25) is 0 Å². The number of nitrogens with zero attached hydrogens (tertiary/aromatic N) is 2. The average Bonchev–Trinajstić information content (AvgIpc) is 3.06. The number of rotatable bonds is 6. The van der Waals surface area contributed by atoms with Gasteiger partial charge in [0, 0.05) is 19.5 Å². The van der Waals surface area contributed by atoms with Crippen molar-refractivity contribution in [2.45, 2.75) is 64.0 Å². The highest BCUT2D eigenvalue weighted by molar-refractivity contribution is 5.81. The summed E-state index contributed by atoms with van der Waals surface area (Å²) in [5.41, 5.74) is 0. The fraction of sp³-hybridized carbons (Fsp3) is 0.864. The number of hydrogen-bond donors (Lipinski definition) is 0. The second kappa shape index (κ2) is 10.3. The molecule has 1 amide bonds. The van der Waals surface area contributed by atoms with Crippen molar-refractivity contribution in [1.29, 1.82) is 0 Å². The summed E-state index contributed by atoms with van der Waals surface area (Å²) in [7, 11) is 1.29. The van der Waals surface area contributed by atoms with Crippen LogP contribution in [0.4, 0.5) is 13.6 Å². The number of likely N-dealkylation sites (tertiary alicyclic amines) is 2. The van der Waals surface area contributed by atoms with Crippen LogP contribution in [0.1, 0.15) is 46.0 Å². The van der Waals surface area contributed by atoms with Crippen molar-refractivity contribution >= 4 is 18.0 Å². The van der Waals surface area contributed by atoms with Crippen LogP contribution in [0.3, 0.4) is 0 Å². The molecule has 32 heavy (non-hydrogen) atoms. The van der Waals surface area contributed by atoms with Crippen LogP contribution in [0.2, 0.25) is 0 Å². The number of piperidine rings is 1. The van der Waals surface area contributed by atoms with E-state index >= 15 is 0 Å². The summed E-state index contributed by atoms with van der Waals surface area (Å²) in [5.74, 6) is -3.41. The number of halogens is 2. The number of alkyl halides is 2. The zero-order valence-electron chi connectivity index (χ0n) is 19.1. The molecule has 2 saturated heterocycles. The average molecular weight is 461 g/mol. The van der Waals surface area contributed by atoms with Crippen molar-refractivity contribution < 1.29 is 37.4 Å². The highest BCUT2D eigenvalue weighted by atomic mass is 19.3. The summed E-state index contributed by atoms with van der Waals surface area (Å²) in [6.45, 7) is 4.13. The third-order valence-electron chi connectivity index (χ3n) is 6.97. The predicted octanol–water partition coefficient (Wildman–Crippen LogP) is 2.70. The SMILES string of the molecule is CCOC(=O)C1CC2C[C@@H](CN3CC(F)(F)C[C@@H]3C(=O)OCC)CC[C@H]2CN1C(=O)OC. The lowest BCUT2D eigenvalue weighted by Gasteiger charge is -2.46. The topological polar surface area (TPSA) is 85.4 Å². The largest absolute Gasteiger partial charge is 0.465 e.